The first-order valence-corrected chi connectivity index (χ1v) is 7.66. The van der Waals surface area contributed by atoms with E-state index in [2.05, 4.69) is 22.0 Å². The Balaban J connectivity index is 2.08. The number of halogens is 1. The summed E-state index contributed by atoms with van der Waals surface area (Å²) < 4.78 is 2.73. The van der Waals surface area contributed by atoms with Crippen molar-refractivity contribution in [3.63, 3.8) is 0 Å². The Morgan fingerprint density at radius 2 is 2.00 bits per heavy atom. The van der Waals surface area contributed by atoms with Gasteiger partial charge in [0, 0.05) is 29.4 Å². The summed E-state index contributed by atoms with van der Waals surface area (Å²) in [6, 6.07) is 11.5. The number of carbonyl (C=O) groups excluding carboxylic acids is 1. The summed E-state index contributed by atoms with van der Waals surface area (Å²) in [4.78, 5) is 14.5. The number of benzene rings is 1. The highest BCUT2D eigenvalue weighted by atomic mass is 79.9. The van der Waals surface area contributed by atoms with E-state index >= 15 is 0 Å². The Morgan fingerprint density at radius 3 is 2.67 bits per heavy atom. The Morgan fingerprint density at radius 1 is 1.24 bits per heavy atom. The van der Waals surface area contributed by atoms with E-state index in [0.29, 0.717) is 11.3 Å². The molecule has 0 N–H and O–H groups in total. The zero-order chi connectivity index (χ0) is 14.8. The number of nitriles is 1. The highest BCUT2D eigenvalue weighted by molar-refractivity contribution is 9.10. The maximum Gasteiger partial charge on any atom is 0.272 e. The normalized spacial score (nSPS) is 14.2. The van der Waals surface area contributed by atoms with Crippen LogP contribution >= 0.6 is 15.9 Å². The molecule has 1 amide bonds. The van der Waals surface area contributed by atoms with E-state index in [-0.39, 0.29) is 5.91 Å². The smallest absolute Gasteiger partial charge is 0.272 e. The second-order valence-corrected chi connectivity index (χ2v) is 5.95. The summed E-state index contributed by atoms with van der Waals surface area (Å²) >= 11 is 3.44. The summed E-state index contributed by atoms with van der Waals surface area (Å²) in [7, 11) is 0. The van der Waals surface area contributed by atoms with Gasteiger partial charge in [-0.05, 0) is 37.1 Å². The number of hydrogen-bond donors (Lipinski definition) is 0. The van der Waals surface area contributed by atoms with Crippen molar-refractivity contribution >= 4 is 21.8 Å². The highest BCUT2D eigenvalue weighted by Crippen LogP contribution is 2.23. The number of nitrogens with zero attached hydrogens (tertiary/aromatic N) is 3. The Bertz CT molecular complexity index is 723. The van der Waals surface area contributed by atoms with Gasteiger partial charge in [0.05, 0.1) is 5.56 Å². The largest absolute Gasteiger partial charge is 0.337 e. The van der Waals surface area contributed by atoms with Crippen LogP contribution in [0.4, 0.5) is 0 Å². The van der Waals surface area contributed by atoms with Gasteiger partial charge in [-0.25, -0.2) is 0 Å². The summed E-state index contributed by atoms with van der Waals surface area (Å²) in [5, 5.41) is 9.28. The molecular weight excluding hydrogens is 330 g/mol. The third kappa shape index (κ3) is 2.59. The van der Waals surface area contributed by atoms with Crippen LogP contribution in [0.5, 0.6) is 0 Å². The number of aromatic nitrogens is 1. The predicted octanol–water partition coefficient (Wildman–Crippen LogP) is 3.35. The van der Waals surface area contributed by atoms with Gasteiger partial charge in [-0.15, -0.1) is 0 Å². The molecule has 1 aromatic heterocycles. The molecule has 106 valence electrons. The van der Waals surface area contributed by atoms with Crippen LogP contribution in [0, 0.1) is 11.3 Å². The van der Waals surface area contributed by atoms with Gasteiger partial charge < -0.3 is 9.47 Å². The van der Waals surface area contributed by atoms with Crippen molar-refractivity contribution in [2.45, 2.75) is 12.8 Å². The zero-order valence-electron chi connectivity index (χ0n) is 11.4. The van der Waals surface area contributed by atoms with Gasteiger partial charge in [0.2, 0.25) is 0 Å². The van der Waals surface area contributed by atoms with Gasteiger partial charge in [-0.2, -0.15) is 5.26 Å². The maximum absolute atomic E-state index is 12.7. The quantitative estimate of drug-likeness (QED) is 0.839. The highest BCUT2D eigenvalue weighted by Gasteiger charge is 2.25. The molecule has 1 aliphatic rings. The molecule has 2 aromatic rings. The predicted molar refractivity (Wildman–Crippen MR) is 83.3 cm³/mol. The van der Waals surface area contributed by atoms with E-state index in [1.807, 2.05) is 29.2 Å². The monoisotopic (exact) mass is 343 g/mol. The fourth-order valence-corrected chi connectivity index (χ4v) is 3.04. The minimum Gasteiger partial charge on any atom is -0.337 e. The molecule has 0 radical (unpaired) electrons. The Kier molecular flexibility index (Phi) is 3.80. The Hall–Kier alpha value is -2.06. The lowest BCUT2D eigenvalue weighted by molar-refractivity contribution is 0.0784. The molecule has 1 saturated heterocycles. The molecule has 0 aliphatic carbocycles. The Labute approximate surface area is 131 Å². The van der Waals surface area contributed by atoms with Crippen LogP contribution < -0.4 is 0 Å². The number of likely N-dealkylation sites (tertiary alicyclic amines) is 1. The summed E-state index contributed by atoms with van der Waals surface area (Å²) in [6.45, 7) is 1.54. The maximum atomic E-state index is 12.7. The molecule has 3 rings (SSSR count). The molecular formula is C16H14BrN3O. The van der Waals surface area contributed by atoms with Gasteiger partial charge in [-0.3, -0.25) is 4.79 Å². The first-order chi connectivity index (χ1) is 10.2. The fourth-order valence-electron chi connectivity index (χ4n) is 2.65. The average molecular weight is 344 g/mol. The standard InChI is InChI=1S/C16H14BrN3O/c17-13-4-3-5-14(10-13)20-9-6-12(11-18)15(20)16(21)19-7-1-2-8-19/h3-6,9-10H,1-2,7-8H2. The third-order valence-electron chi connectivity index (χ3n) is 3.69. The van der Waals surface area contributed by atoms with Crippen molar-refractivity contribution in [1.82, 2.24) is 9.47 Å². The lowest BCUT2D eigenvalue weighted by Crippen LogP contribution is -2.30. The van der Waals surface area contributed by atoms with Gasteiger partial charge in [-0.1, -0.05) is 22.0 Å². The molecule has 1 aliphatic heterocycles. The van der Waals surface area contributed by atoms with Crippen LogP contribution in [-0.2, 0) is 0 Å². The van der Waals surface area contributed by atoms with E-state index in [1.54, 1.807) is 16.8 Å². The van der Waals surface area contributed by atoms with E-state index in [1.165, 1.54) is 0 Å². The SMILES string of the molecule is N#Cc1ccn(-c2cccc(Br)c2)c1C(=O)N1CCCC1. The van der Waals surface area contributed by atoms with Crippen LogP contribution in [0.3, 0.4) is 0 Å². The minimum atomic E-state index is -0.0611. The summed E-state index contributed by atoms with van der Waals surface area (Å²) in [6.07, 6.45) is 3.85. The second-order valence-electron chi connectivity index (χ2n) is 5.04. The molecule has 1 fully saturated rings. The number of carbonyl (C=O) groups is 1. The molecule has 2 heterocycles. The third-order valence-corrected chi connectivity index (χ3v) is 4.18. The number of rotatable bonds is 2. The van der Waals surface area contributed by atoms with E-state index in [4.69, 9.17) is 0 Å². The molecule has 1 aromatic carbocycles. The van der Waals surface area contributed by atoms with Crippen molar-refractivity contribution in [2.75, 3.05) is 13.1 Å². The lowest BCUT2D eigenvalue weighted by Gasteiger charge is -2.17. The van der Waals surface area contributed by atoms with E-state index < -0.39 is 0 Å². The first-order valence-electron chi connectivity index (χ1n) is 6.87. The van der Waals surface area contributed by atoms with Crippen LogP contribution in [0.15, 0.2) is 41.0 Å². The van der Waals surface area contributed by atoms with Crippen molar-refractivity contribution in [2.24, 2.45) is 0 Å². The van der Waals surface area contributed by atoms with E-state index in [9.17, 15) is 10.1 Å². The molecule has 0 saturated carbocycles. The van der Waals surface area contributed by atoms with Crippen LogP contribution in [0.1, 0.15) is 28.9 Å². The van der Waals surface area contributed by atoms with Crippen LogP contribution in [-0.4, -0.2) is 28.5 Å². The van der Waals surface area contributed by atoms with E-state index in [0.717, 1.165) is 36.1 Å². The van der Waals surface area contributed by atoms with Gasteiger partial charge in [0.25, 0.3) is 5.91 Å². The fraction of sp³-hybridized carbons (Fsp3) is 0.250. The first kappa shape index (κ1) is 13.9. The minimum absolute atomic E-state index is 0.0611. The molecule has 0 bridgehead atoms. The molecule has 0 atom stereocenters. The number of amides is 1. The zero-order valence-corrected chi connectivity index (χ0v) is 13.0. The van der Waals surface area contributed by atoms with Gasteiger partial charge in [0.15, 0.2) is 0 Å². The van der Waals surface area contributed by atoms with Crippen molar-refractivity contribution < 1.29 is 4.79 Å². The van der Waals surface area contributed by atoms with Crippen LogP contribution in [0.25, 0.3) is 5.69 Å². The molecule has 21 heavy (non-hydrogen) atoms. The molecule has 0 spiro atoms. The van der Waals surface area contributed by atoms with Crippen molar-refractivity contribution in [3.8, 4) is 11.8 Å². The topological polar surface area (TPSA) is 49.0 Å². The van der Waals surface area contributed by atoms with Gasteiger partial charge in [0.1, 0.15) is 11.8 Å². The molecule has 5 heteroatoms. The lowest BCUT2D eigenvalue weighted by atomic mass is 10.2. The summed E-state index contributed by atoms with van der Waals surface area (Å²) in [5.41, 5.74) is 1.75. The van der Waals surface area contributed by atoms with Crippen LogP contribution in [0.2, 0.25) is 0 Å². The van der Waals surface area contributed by atoms with Crippen molar-refractivity contribution in [1.29, 1.82) is 5.26 Å². The molecule has 0 unspecified atom stereocenters. The second kappa shape index (κ2) is 5.74. The summed E-state index contributed by atoms with van der Waals surface area (Å²) in [5.74, 6) is -0.0611. The van der Waals surface area contributed by atoms with Gasteiger partial charge >= 0.3 is 0 Å². The number of hydrogen-bond acceptors (Lipinski definition) is 2. The molecule has 4 nitrogen and oxygen atoms in total. The average Bonchev–Trinajstić information content (AvgIpc) is 3.15. The van der Waals surface area contributed by atoms with Crippen molar-refractivity contribution in [3.05, 3.63) is 52.3 Å².